The average molecular weight is 551 g/mol. The number of ketones is 1. The first-order valence-electron chi connectivity index (χ1n) is 13.6. The molecule has 2 aliphatic rings. The van der Waals surface area contributed by atoms with Crippen LogP contribution in [0.15, 0.2) is 95.9 Å². The number of carbonyl (C=O) groups excluding carboxylic acids is 1. The number of allylic oxidation sites excluding steroid dienone is 4. The molecule has 0 radical (unpaired) electrons. The fourth-order valence-corrected chi connectivity index (χ4v) is 9.35. The van der Waals surface area contributed by atoms with E-state index in [1.807, 2.05) is 23.9 Å². The topological polar surface area (TPSA) is 17.1 Å². The van der Waals surface area contributed by atoms with Crippen molar-refractivity contribution in [2.24, 2.45) is 11.8 Å². The van der Waals surface area contributed by atoms with E-state index in [0.717, 1.165) is 23.3 Å². The van der Waals surface area contributed by atoms with Crippen LogP contribution in [0, 0.1) is 11.8 Å². The highest BCUT2D eigenvalue weighted by Gasteiger charge is 2.37. The Labute approximate surface area is 238 Å². The third kappa shape index (κ3) is 10.2. The molecule has 1 fully saturated rings. The second-order valence-corrected chi connectivity index (χ2v) is 14.1. The second-order valence-electron chi connectivity index (χ2n) is 9.72. The van der Waals surface area contributed by atoms with E-state index in [0.29, 0.717) is 15.7 Å². The van der Waals surface area contributed by atoms with Gasteiger partial charge >= 0.3 is 0 Å². The summed E-state index contributed by atoms with van der Waals surface area (Å²) in [5.41, 5.74) is 2.55. The lowest BCUT2D eigenvalue weighted by Gasteiger charge is -2.23. The zero-order chi connectivity index (χ0) is 26.5. The molecule has 0 N–H and O–H groups in total. The van der Waals surface area contributed by atoms with Crippen molar-refractivity contribution in [2.45, 2.75) is 68.5 Å². The zero-order valence-corrected chi connectivity index (χ0v) is 25.2. The van der Waals surface area contributed by atoms with E-state index in [9.17, 15) is 4.79 Å². The van der Waals surface area contributed by atoms with Gasteiger partial charge in [-0.25, -0.2) is 0 Å². The first-order chi connectivity index (χ1) is 18.0. The summed E-state index contributed by atoms with van der Waals surface area (Å²) in [5, 5.41) is 1.21. The van der Waals surface area contributed by atoms with Crippen molar-refractivity contribution >= 4 is 41.1 Å². The fraction of sp³-hybridized carbons (Fsp3) is 0.424. The lowest BCUT2D eigenvalue weighted by atomic mass is 9.92. The number of hydrogen-bond donors (Lipinski definition) is 0. The van der Waals surface area contributed by atoms with E-state index < -0.39 is 0 Å². The molecule has 37 heavy (non-hydrogen) atoms. The van der Waals surface area contributed by atoms with E-state index in [2.05, 4.69) is 117 Å². The summed E-state index contributed by atoms with van der Waals surface area (Å²) in [4.78, 5) is 12.7. The van der Waals surface area contributed by atoms with Crippen molar-refractivity contribution in [3.8, 4) is 11.1 Å². The molecule has 4 heteroatoms. The Kier molecular flexibility index (Phi) is 13.2. The molecule has 0 saturated carbocycles. The summed E-state index contributed by atoms with van der Waals surface area (Å²) in [6, 6.07) is 20.8. The van der Waals surface area contributed by atoms with Gasteiger partial charge in [0.15, 0.2) is 5.78 Å². The van der Waals surface area contributed by atoms with Crippen molar-refractivity contribution in [1.82, 2.24) is 0 Å². The van der Waals surface area contributed by atoms with Crippen molar-refractivity contribution in [2.75, 3.05) is 5.75 Å². The number of thioether (sulfide) groups is 3. The predicted molar refractivity (Wildman–Crippen MR) is 170 cm³/mol. The fourth-order valence-electron chi connectivity index (χ4n) is 4.65. The SMILES string of the molecule is CCCC(/C=C/C(C)=O)SC1SC(C2C=C(SCC)C=CC2)CC1C.c1ccc(-c2ccccc2)cc1. The van der Waals surface area contributed by atoms with Crippen molar-refractivity contribution in [1.29, 1.82) is 0 Å². The van der Waals surface area contributed by atoms with Crippen molar-refractivity contribution in [3.05, 3.63) is 95.9 Å². The Morgan fingerprint density at radius 1 is 1.05 bits per heavy atom. The van der Waals surface area contributed by atoms with Crippen molar-refractivity contribution in [3.63, 3.8) is 0 Å². The summed E-state index contributed by atoms with van der Waals surface area (Å²) < 4.78 is 0.653. The van der Waals surface area contributed by atoms with Crippen LogP contribution in [0.3, 0.4) is 0 Å². The normalized spacial score (nSPS) is 23.8. The minimum Gasteiger partial charge on any atom is -0.295 e. The minimum atomic E-state index is 0.159. The highest BCUT2D eigenvalue weighted by atomic mass is 32.2. The Morgan fingerprint density at radius 3 is 2.27 bits per heavy atom. The van der Waals surface area contributed by atoms with Crippen LogP contribution in [0.25, 0.3) is 11.1 Å². The molecule has 5 unspecified atom stereocenters. The summed E-state index contributed by atoms with van der Waals surface area (Å²) in [5.74, 6) is 2.74. The summed E-state index contributed by atoms with van der Waals surface area (Å²) in [7, 11) is 0. The molecule has 2 aromatic carbocycles. The van der Waals surface area contributed by atoms with Crippen LogP contribution >= 0.6 is 35.3 Å². The molecule has 198 valence electrons. The molecule has 1 aliphatic carbocycles. The van der Waals surface area contributed by atoms with Crippen LogP contribution in [-0.4, -0.2) is 26.6 Å². The number of hydrogen-bond acceptors (Lipinski definition) is 4. The second kappa shape index (κ2) is 16.4. The van der Waals surface area contributed by atoms with Gasteiger partial charge in [-0.3, -0.25) is 4.79 Å². The molecule has 0 spiro atoms. The van der Waals surface area contributed by atoms with Gasteiger partial charge in [-0.2, -0.15) is 0 Å². The summed E-state index contributed by atoms with van der Waals surface area (Å²) in [6.07, 6.45) is 15.9. The maximum Gasteiger partial charge on any atom is 0.152 e. The van der Waals surface area contributed by atoms with Crippen LogP contribution in [0.1, 0.15) is 53.4 Å². The van der Waals surface area contributed by atoms with Crippen LogP contribution in [0.2, 0.25) is 0 Å². The van der Waals surface area contributed by atoms with E-state index in [1.54, 1.807) is 13.0 Å². The maximum absolute atomic E-state index is 11.3. The van der Waals surface area contributed by atoms with Crippen LogP contribution in [0.5, 0.6) is 0 Å². The van der Waals surface area contributed by atoms with E-state index >= 15 is 0 Å². The van der Waals surface area contributed by atoms with Crippen LogP contribution < -0.4 is 0 Å². The van der Waals surface area contributed by atoms with Gasteiger partial charge in [-0.05, 0) is 61.0 Å². The van der Waals surface area contributed by atoms with Gasteiger partial charge in [0.25, 0.3) is 0 Å². The Bertz CT molecular complexity index is 991. The van der Waals surface area contributed by atoms with Crippen molar-refractivity contribution < 1.29 is 4.79 Å². The third-order valence-corrected chi connectivity index (χ3v) is 11.2. The Balaban J connectivity index is 0.000000262. The molecule has 1 heterocycles. The summed E-state index contributed by atoms with van der Waals surface area (Å²) in [6.45, 7) is 8.51. The van der Waals surface area contributed by atoms with E-state index in [-0.39, 0.29) is 5.78 Å². The zero-order valence-electron chi connectivity index (χ0n) is 22.7. The Morgan fingerprint density at radius 2 is 1.70 bits per heavy atom. The van der Waals surface area contributed by atoms with Gasteiger partial charge in [-0.15, -0.1) is 35.3 Å². The number of rotatable bonds is 10. The molecule has 1 saturated heterocycles. The molecular formula is C33H42OS3. The molecule has 5 atom stereocenters. The summed E-state index contributed by atoms with van der Waals surface area (Å²) >= 11 is 6.24. The molecule has 0 amide bonds. The molecule has 2 aromatic rings. The standard InChI is InChI=1S/C21H32OS3.C12H10/c1-5-8-18(12-11-16(4)22)24-21-15(3)13-20(25-21)17-9-7-10-19(14-17)23-6-2;1-3-7-11(8-4-1)12-9-5-2-6-10-12/h7,10-12,14-15,17-18,20-21H,5-6,8-9,13H2,1-4H3;1-10H/b12-11+;. The first-order valence-corrected chi connectivity index (χ1v) is 16.5. The molecule has 0 aromatic heterocycles. The quantitative estimate of drug-likeness (QED) is 0.274. The molecule has 1 nitrogen and oxygen atoms in total. The van der Waals surface area contributed by atoms with Gasteiger partial charge in [0, 0.05) is 15.4 Å². The van der Waals surface area contributed by atoms with Gasteiger partial charge in [0.05, 0.1) is 4.58 Å². The molecule has 1 aliphatic heterocycles. The lowest BCUT2D eigenvalue weighted by molar-refractivity contribution is -0.112. The highest BCUT2D eigenvalue weighted by Crippen LogP contribution is 2.50. The van der Waals surface area contributed by atoms with Gasteiger partial charge in [0.1, 0.15) is 0 Å². The van der Waals surface area contributed by atoms with Crippen LogP contribution in [-0.2, 0) is 4.79 Å². The average Bonchev–Trinajstić information content (AvgIpc) is 3.29. The van der Waals surface area contributed by atoms with E-state index in [4.69, 9.17) is 0 Å². The monoisotopic (exact) mass is 550 g/mol. The highest BCUT2D eigenvalue weighted by molar-refractivity contribution is 8.17. The molecule has 4 rings (SSSR count). The van der Waals surface area contributed by atoms with Gasteiger partial charge < -0.3 is 0 Å². The largest absolute Gasteiger partial charge is 0.295 e. The first kappa shape index (κ1) is 29.9. The lowest BCUT2D eigenvalue weighted by Crippen LogP contribution is -2.14. The number of carbonyl (C=O) groups is 1. The van der Waals surface area contributed by atoms with Crippen LogP contribution in [0.4, 0.5) is 0 Å². The van der Waals surface area contributed by atoms with Gasteiger partial charge in [0.2, 0.25) is 0 Å². The van der Waals surface area contributed by atoms with E-state index in [1.165, 1.54) is 35.3 Å². The smallest absolute Gasteiger partial charge is 0.152 e. The predicted octanol–water partition coefficient (Wildman–Crippen LogP) is 10.1. The maximum atomic E-state index is 11.3. The Hall–Kier alpha value is -1.62. The molecule has 0 bridgehead atoms. The number of benzene rings is 2. The molecular weight excluding hydrogens is 509 g/mol. The minimum absolute atomic E-state index is 0.159. The third-order valence-electron chi connectivity index (χ3n) is 6.54. The van der Waals surface area contributed by atoms with Gasteiger partial charge in [-0.1, -0.05) is 112 Å².